The third-order valence-corrected chi connectivity index (χ3v) is 3.19. The molecule has 0 bridgehead atoms. The van der Waals surface area contributed by atoms with Gasteiger partial charge in [0.1, 0.15) is 11.0 Å². The largest absolute Gasteiger partial charge is 0.478 e. The van der Waals surface area contributed by atoms with Gasteiger partial charge in [0.2, 0.25) is 0 Å². The third kappa shape index (κ3) is 5.75. The van der Waals surface area contributed by atoms with Crippen LogP contribution in [0.25, 0.3) is 0 Å². The Morgan fingerprint density at radius 1 is 1.45 bits per heavy atom. The van der Waals surface area contributed by atoms with Crippen LogP contribution in [-0.4, -0.2) is 48.0 Å². The highest BCUT2D eigenvalue weighted by molar-refractivity contribution is 6.30. The number of carbonyl (C=O) groups is 1. The van der Waals surface area contributed by atoms with Gasteiger partial charge in [-0.2, -0.15) is 0 Å². The van der Waals surface area contributed by atoms with Crippen molar-refractivity contribution >= 4 is 23.4 Å². The SMILES string of the molecule is CCC/C=C(Cl)/N=C(\C=C(/C)C(=O)O)N1CCNCC1. The third-order valence-electron chi connectivity index (χ3n) is 2.95. The Labute approximate surface area is 125 Å². The molecule has 5 nitrogen and oxygen atoms in total. The molecule has 1 heterocycles. The fourth-order valence-electron chi connectivity index (χ4n) is 1.76. The van der Waals surface area contributed by atoms with E-state index < -0.39 is 5.97 Å². The lowest BCUT2D eigenvalue weighted by molar-refractivity contribution is -0.132. The van der Waals surface area contributed by atoms with Gasteiger partial charge >= 0.3 is 5.97 Å². The van der Waals surface area contributed by atoms with Gasteiger partial charge in [-0.15, -0.1) is 0 Å². The van der Waals surface area contributed by atoms with E-state index in [2.05, 4.69) is 17.2 Å². The predicted octanol–water partition coefficient (Wildman–Crippen LogP) is 2.20. The Balaban J connectivity index is 2.96. The number of nitrogens with one attached hydrogen (secondary N) is 1. The highest BCUT2D eigenvalue weighted by Crippen LogP contribution is 2.10. The molecular weight excluding hydrogens is 278 g/mol. The standard InChI is InChI=1S/C14H22ClN3O2/c1-3-4-5-12(15)17-13(10-11(2)14(19)20)18-8-6-16-7-9-18/h5,10,16H,3-4,6-9H2,1-2H3,(H,19,20)/b11-10+,12-5+,17-13+. The second-order valence-electron chi connectivity index (χ2n) is 4.66. The van der Waals surface area contributed by atoms with Crippen LogP contribution < -0.4 is 5.32 Å². The molecule has 1 fully saturated rings. The summed E-state index contributed by atoms with van der Waals surface area (Å²) in [4.78, 5) is 17.4. The molecule has 0 amide bonds. The summed E-state index contributed by atoms with van der Waals surface area (Å²) in [6.07, 6.45) is 5.29. The van der Waals surface area contributed by atoms with Gasteiger partial charge in [-0.1, -0.05) is 24.9 Å². The quantitative estimate of drug-likeness (QED) is 0.353. The number of halogens is 1. The predicted molar refractivity (Wildman–Crippen MR) is 82.1 cm³/mol. The summed E-state index contributed by atoms with van der Waals surface area (Å²) in [7, 11) is 0. The molecule has 1 rings (SSSR count). The molecule has 0 radical (unpaired) electrons. The normalized spacial score (nSPS) is 18.4. The minimum Gasteiger partial charge on any atom is -0.478 e. The van der Waals surface area contributed by atoms with E-state index in [0.29, 0.717) is 11.0 Å². The minimum atomic E-state index is -0.943. The molecule has 1 aliphatic rings. The maximum Gasteiger partial charge on any atom is 0.331 e. The lowest BCUT2D eigenvalue weighted by Gasteiger charge is -2.29. The Bertz CT molecular complexity index is 424. The van der Waals surface area contributed by atoms with Gasteiger partial charge in [0.15, 0.2) is 0 Å². The first kappa shape index (κ1) is 16.7. The summed E-state index contributed by atoms with van der Waals surface area (Å²) in [5, 5.41) is 12.7. The van der Waals surface area contributed by atoms with Crippen molar-refractivity contribution < 1.29 is 9.90 Å². The van der Waals surface area contributed by atoms with Crippen molar-refractivity contribution in [1.29, 1.82) is 0 Å². The molecule has 1 aliphatic heterocycles. The average molecular weight is 300 g/mol. The van der Waals surface area contributed by atoms with Gasteiger partial charge < -0.3 is 15.3 Å². The number of allylic oxidation sites excluding steroid dienone is 1. The van der Waals surface area contributed by atoms with Crippen LogP contribution in [0.5, 0.6) is 0 Å². The number of piperazine rings is 1. The number of aliphatic carboxylic acids is 1. The van der Waals surface area contributed by atoms with E-state index in [1.807, 2.05) is 11.0 Å². The van der Waals surface area contributed by atoms with Crippen LogP contribution in [0.3, 0.4) is 0 Å². The maximum atomic E-state index is 11.0. The summed E-state index contributed by atoms with van der Waals surface area (Å²) < 4.78 is 0. The summed E-state index contributed by atoms with van der Waals surface area (Å²) >= 11 is 6.09. The molecule has 0 saturated carbocycles. The van der Waals surface area contributed by atoms with Gasteiger partial charge in [0, 0.05) is 31.8 Å². The first-order valence-electron chi connectivity index (χ1n) is 6.86. The number of aliphatic imine (C=N–C) groups is 1. The zero-order valence-corrected chi connectivity index (χ0v) is 12.8. The van der Waals surface area contributed by atoms with Crippen molar-refractivity contribution in [3.05, 3.63) is 22.9 Å². The summed E-state index contributed by atoms with van der Waals surface area (Å²) in [5.74, 6) is -0.328. The smallest absolute Gasteiger partial charge is 0.331 e. The van der Waals surface area contributed by atoms with Gasteiger partial charge in [-0.3, -0.25) is 0 Å². The second-order valence-corrected chi connectivity index (χ2v) is 5.04. The molecule has 20 heavy (non-hydrogen) atoms. The van der Waals surface area contributed by atoms with Crippen molar-refractivity contribution in [3.63, 3.8) is 0 Å². The molecule has 0 aromatic rings. The number of rotatable bonds is 5. The molecule has 0 spiro atoms. The van der Waals surface area contributed by atoms with E-state index >= 15 is 0 Å². The number of hydrogen-bond acceptors (Lipinski definition) is 3. The number of amidine groups is 1. The van der Waals surface area contributed by atoms with Crippen LogP contribution >= 0.6 is 11.6 Å². The van der Waals surface area contributed by atoms with Crippen LogP contribution in [-0.2, 0) is 4.79 Å². The zero-order valence-electron chi connectivity index (χ0n) is 12.0. The Morgan fingerprint density at radius 2 is 2.10 bits per heavy atom. The molecule has 6 heteroatoms. The summed E-state index contributed by atoms with van der Waals surface area (Å²) in [5.41, 5.74) is 0.252. The minimum absolute atomic E-state index is 0.252. The van der Waals surface area contributed by atoms with Crippen LogP contribution in [0.1, 0.15) is 26.7 Å². The Kier molecular flexibility index (Phi) is 7.33. The number of hydrogen-bond donors (Lipinski definition) is 2. The number of carboxylic acids is 1. The van der Waals surface area contributed by atoms with Gasteiger partial charge in [0.25, 0.3) is 0 Å². The monoisotopic (exact) mass is 299 g/mol. The van der Waals surface area contributed by atoms with Gasteiger partial charge in [0.05, 0.1) is 0 Å². The zero-order chi connectivity index (χ0) is 15.0. The van der Waals surface area contributed by atoms with Crippen LogP contribution in [0, 0.1) is 0 Å². The highest BCUT2D eigenvalue weighted by Gasteiger charge is 2.14. The van der Waals surface area contributed by atoms with Crippen molar-refractivity contribution in [2.75, 3.05) is 26.2 Å². The number of unbranched alkanes of at least 4 members (excludes halogenated alkanes) is 1. The molecule has 0 aromatic carbocycles. The molecular formula is C14H22ClN3O2. The number of nitrogens with zero attached hydrogens (tertiary/aromatic N) is 2. The van der Waals surface area contributed by atoms with Crippen LogP contribution in [0.4, 0.5) is 0 Å². The first-order valence-corrected chi connectivity index (χ1v) is 7.24. The van der Waals surface area contributed by atoms with E-state index in [4.69, 9.17) is 16.7 Å². The van der Waals surface area contributed by atoms with Gasteiger partial charge in [-0.05, 0) is 25.5 Å². The van der Waals surface area contributed by atoms with Crippen LogP contribution in [0.15, 0.2) is 27.9 Å². The van der Waals surface area contributed by atoms with E-state index in [9.17, 15) is 4.79 Å². The molecule has 0 unspecified atom stereocenters. The molecule has 0 aliphatic carbocycles. The topological polar surface area (TPSA) is 64.9 Å². The lowest BCUT2D eigenvalue weighted by atomic mass is 10.2. The Morgan fingerprint density at radius 3 is 2.65 bits per heavy atom. The molecule has 1 saturated heterocycles. The van der Waals surface area contributed by atoms with Crippen molar-refractivity contribution in [2.24, 2.45) is 4.99 Å². The molecule has 0 atom stereocenters. The second kappa shape index (κ2) is 8.76. The fourth-order valence-corrected chi connectivity index (χ4v) is 1.96. The van der Waals surface area contributed by atoms with Gasteiger partial charge in [-0.25, -0.2) is 9.79 Å². The van der Waals surface area contributed by atoms with E-state index in [0.717, 1.165) is 39.0 Å². The summed E-state index contributed by atoms with van der Waals surface area (Å²) in [6.45, 7) is 6.92. The Hall–Kier alpha value is -1.33. The highest BCUT2D eigenvalue weighted by atomic mass is 35.5. The van der Waals surface area contributed by atoms with Crippen molar-refractivity contribution in [3.8, 4) is 0 Å². The maximum absolute atomic E-state index is 11.0. The molecule has 2 N–H and O–H groups in total. The first-order chi connectivity index (χ1) is 9.54. The lowest BCUT2D eigenvalue weighted by Crippen LogP contribution is -2.46. The summed E-state index contributed by atoms with van der Waals surface area (Å²) in [6, 6.07) is 0. The fraction of sp³-hybridized carbons (Fsp3) is 0.571. The number of carboxylic acid groups (broad SMARTS) is 1. The van der Waals surface area contributed by atoms with Crippen LogP contribution in [0.2, 0.25) is 0 Å². The van der Waals surface area contributed by atoms with E-state index in [1.165, 1.54) is 0 Å². The average Bonchev–Trinajstić information content (AvgIpc) is 2.45. The van der Waals surface area contributed by atoms with E-state index in [-0.39, 0.29) is 5.57 Å². The van der Waals surface area contributed by atoms with Crippen molar-refractivity contribution in [2.45, 2.75) is 26.7 Å². The molecule has 0 aromatic heterocycles. The van der Waals surface area contributed by atoms with E-state index in [1.54, 1.807) is 13.0 Å². The van der Waals surface area contributed by atoms with Crippen molar-refractivity contribution in [1.82, 2.24) is 10.2 Å². The molecule has 112 valence electrons.